The Bertz CT molecular complexity index is 318. The van der Waals surface area contributed by atoms with Crippen molar-refractivity contribution in [2.75, 3.05) is 0 Å². The van der Waals surface area contributed by atoms with Gasteiger partial charge in [-0.15, -0.1) is 0 Å². The summed E-state index contributed by atoms with van der Waals surface area (Å²) >= 11 is 0. The minimum absolute atomic E-state index is 0.313. The molecule has 0 saturated carbocycles. The van der Waals surface area contributed by atoms with Gasteiger partial charge in [-0.1, -0.05) is 24.2 Å². The van der Waals surface area contributed by atoms with Crippen molar-refractivity contribution in [3.8, 4) is 0 Å². The van der Waals surface area contributed by atoms with Crippen molar-refractivity contribution >= 4 is 0 Å². The van der Waals surface area contributed by atoms with Crippen LogP contribution >= 0.6 is 0 Å². The summed E-state index contributed by atoms with van der Waals surface area (Å²) in [5.41, 5.74) is 8.82. The largest absolute Gasteiger partial charge is 0.207 e. The van der Waals surface area contributed by atoms with Gasteiger partial charge in [-0.25, -0.2) is 4.39 Å². The summed E-state index contributed by atoms with van der Waals surface area (Å²) in [6.45, 7) is 1.72. The van der Waals surface area contributed by atoms with E-state index in [1.807, 2.05) is 0 Å². The molecule has 0 radical (unpaired) electrons. The van der Waals surface area contributed by atoms with Crippen molar-refractivity contribution in [3.63, 3.8) is 0 Å². The highest BCUT2D eigenvalue weighted by Gasteiger charge is 2.02. The van der Waals surface area contributed by atoms with Gasteiger partial charge in [-0.05, 0) is 23.2 Å². The summed E-state index contributed by atoms with van der Waals surface area (Å²) in [4.78, 5) is 2.64. The lowest BCUT2D eigenvalue weighted by atomic mass is 10.1. The fourth-order valence-electron chi connectivity index (χ4n) is 0.911. The third-order valence-corrected chi connectivity index (χ3v) is 1.56. The molecule has 1 aromatic carbocycles. The normalized spacial score (nSPS) is 11.8. The maximum Gasteiger partial charge on any atom is 0.123 e. The Morgan fingerprint density at radius 1 is 1.58 bits per heavy atom. The summed E-state index contributed by atoms with van der Waals surface area (Å²) < 4.78 is 12.6. The van der Waals surface area contributed by atoms with Gasteiger partial charge in [0, 0.05) is 4.91 Å². The van der Waals surface area contributed by atoms with E-state index in [-0.39, 0.29) is 11.9 Å². The number of halogens is 1. The van der Waals surface area contributed by atoms with E-state index in [1.165, 1.54) is 12.1 Å². The lowest BCUT2D eigenvalue weighted by Crippen LogP contribution is -1.88. The molecular formula is C8H8FN3. The monoisotopic (exact) mass is 165 g/mol. The van der Waals surface area contributed by atoms with Crippen molar-refractivity contribution in [2.45, 2.75) is 13.0 Å². The number of nitrogens with zero attached hydrogens (tertiary/aromatic N) is 3. The topological polar surface area (TPSA) is 48.8 Å². The van der Waals surface area contributed by atoms with Crippen LogP contribution in [0.1, 0.15) is 18.5 Å². The summed E-state index contributed by atoms with van der Waals surface area (Å²) in [7, 11) is 0. The van der Waals surface area contributed by atoms with E-state index in [0.717, 1.165) is 0 Å². The molecule has 0 aliphatic heterocycles. The third kappa shape index (κ3) is 1.97. The van der Waals surface area contributed by atoms with Crippen molar-refractivity contribution in [1.82, 2.24) is 0 Å². The van der Waals surface area contributed by atoms with Crippen LogP contribution in [0.4, 0.5) is 4.39 Å². The van der Waals surface area contributed by atoms with Crippen LogP contribution in [0.2, 0.25) is 0 Å². The molecule has 0 spiro atoms. The molecule has 0 fully saturated rings. The zero-order valence-corrected chi connectivity index (χ0v) is 6.61. The van der Waals surface area contributed by atoms with Gasteiger partial charge < -0.3 is 0 Å². The van der Waals surface area contributed by atoms with Crippen molar-refractivity contribution in [2.24, 2.45) is 5.11 Å². The first-order valence-electron chi connectivity index (χ1n) is 3.53. The van der Waals surface area contributed by atoms with E-state index >= 15 is 0 Å². The molecule has 3 nitrogen and oxygen atoms in total. The van der Waals surface area contributed by atoms with Crippen LogP contribution in [-0.4, -0.2) is 0 Å². The number of rotatable bonds is 2. The molecule has 0 bridgehead atoms. The van der Waals surface area contributed by atoms with Gasteiger partial charge in [-0.3, -0.25) is 0 Å². The van der Waals surface area contributed by atoms with Crippen LogP contribution in [0.3, 0.4) is 0 Å². The second-order valence-corrected chi connectivity index (χ2v) is 2.44. The number of benzene rings is 1. The lowest BCUT2D eigenvalue weighted by molar-refractivity contribution is 0.622. The predicted molar refractivity (Wildman–Crippen MR) is 44.0 cm³/mol. The zero-order chi connectivity index (χ0) is 8.97. The molecule has 62 valence electrons. The van der Waals surface area contributed by atoms with E-state index in [0.29, 0.717) is 5.56 Å². The standard InChI is InChI=1S/C8H8FN3/c1-6(11-12-10)7-3-2-4-8(9)5-7/h2-6H,1H3/t6-/m0/s1. The van der Waals surface area contributed by atoms with Gasteiger partial charge in [0.1, 0.15) is 5.82 Å². The molecule has 1 atom stereocenters. The van der Waals surface area contributed by atoms with Crippen LogP contribution in [0.25, 0.3) is 10.4 Å². The SMILES string of the molecule is C[C@H](N=[N+]=[N-])c1cccc(F)c1. The minimum Gasteiger partial charge on any atom is -0.207 e. The Morgan fingerprint density at radius 2 is 2.33 bits per heavy atom. The van der Waals surface area contributed by atoms with E-state index in [1.54, 1.807) is 19.1 Å². The molecule has 0 aromatic heterocycles. The molecule has 0 heterocycles. The summed E-state index contributed by atoms with van der Waals surface area (Å²) in [6, 6.07) is 5.72. The Hall–Kier alpha value is -1.54. The van der Waals surface area contributed by atoms with Crippen molar-refractivity contribution in [1.29, 1.82) is 0 Å². The van der Waals surface area contributed by atoms with E-state index < -0.39 is 0 Å². The molecule has 1 aromatic rings. The summed E-state index contributed by atoms with van der Waals surface area (Å²) in [5, 5.41) is 3.45. The first kappa shape index (κ1) is 8.56. The minimum atomic E-state index is -0.314. The molecule has 1 rings (SSSR count). The molecule has 0 aliphatic carbocycles. The third-order valence-electron chi connectivity index (χ3n) is 1.56. The van der Waals surface area contributed by atoms with Gasteiger partial charge in [0.15, 0.2) is 0 Å². The highest BCUT2D eigenvalue weighted by atomic mass is 19.1. The van der Waals surface area contributed by atoms with Crippen LogP contribution in [0.15, 0.2) is 29.4 Å². The molecule has 0 aliphatic rings. The Labute approximate surface area is 69.5 Å². The fraction of sp³-hybridized carbons (Fsp3) is 0.250. The molecule has 4 heteroatoms. The van der Waals surface area contributed by atoms with Gasteiger partial charge in [-0.2, -0.15) is 0 Å². The second-order valence-electron chi connectivity index (χ2n) is 2.44. The number of azide groups is 1. The van der Waals surface area contributed by atoms with Crippen molar-refractivity contribution in [3.05, 3.63) is 46.1 Å². The van der Waals surface area contributed by atoms with Gasteiger partial charge in [0.2, 0.25) is 0 Å². The smallest absolute Gasteiger partial charge is 0.123 e. The quantitative estimate of drug-likeness (QED) is 0.367. The average molecular weight is 165 g/mol. The summed E-state index contributed by atoms with van der Waals surface area (Å²) in [5.74, 6) is -0.313. The number of hydrogen-bond acceptors (Lipinski definition) is 1. The lowest BCUT2D eigenvalue weighted by Gasteiger charge is -2.03. The molecule has 0 unspecified atom stereocenters. The zero-order valence-electron chi connectivity index (χ0n) is 6.61. The van der Waals surface area contributed by atoms with Crippen LogP contribution in [0, 0.1) is 5.82 Å². The predicted octanol–water partition coefficient (Wildman–Crippen LogP) is 3.20. The van der Waals surface area contributed by atoms with Crippen molar-refractivity contribution < 1.29 is 4.39 Å². The van der Waals surface area contributed by atoms with E-state index in [9.17, 15) is 4.39 Å². The maximum atomic E-state index is 12.6. The van der Waals surface area contributed by atoms with Crippen LogP contribution < -0.4 is 0 Å². The van der Waals surface area contributed by atoms with Gasteiger partial charge in [0.05, 0.1) is 6.04 Å². The van der Waals surface area contributed by atoms with Gasteiger partial charge >= 0.3 is 0 Å². The highest BCUT2D eigenvalue weighted by Crippen LogP contribution is 2.16. The molecule has 0 saturated heterocycles. The fourth-order valence-corrected chi connectivity index (χ4v) is 0.911. The Morgan fingerprint density at radius 3 is 2.92 bits per heavy atom. The Kier molecular flexibility index (Phi) is 2.66. The molecule has 12 heavy (non-hydrogen) atoms. The number of hydrogen-bond donors (Lipinski definition) is 0. The second kappa shape index (κ2) is 3.74. The average Bonchev–Trinajstić information content (AvgIpc) is 2.05. The molecule has 0 amide bonds. The van der Waals surface area contributed by atoms with E-state index in [4.69, 9.17) is 5.53 Å². The molecule has 0 N–H and O–H groups in total. The highest BCUT2D eigenvalue weighted by molar-refractivity contribution is 5.19. The van der Waals surface area contributed by atoms with E-state index in [2.05, 4.69) is 10.0 Å². The summed E-state index contributed by atoms with van der Waals surface area (Å²) in [6.07, 6.45) is 0. The van der Waals surface area contributed by atoms with Gasteiger partial charge in [0.25, 0.3) is 0 Å². The first-order chi connectivity index (χ1) is 5.74. The van der Waals surface area contributed by atoms with Crippen LogP contribution in [-0.2, 0) is 0 Å². The first-order valence-corrected chi connectivity index (χ1v) is 3.53. The van der Waals surface area contributed by atoms with Crippen LogP contribution in [0.5, 0.6) is 0 Å². The maximum absolute atomic E-state index is 12.6. The Balaban J connectivity index is 2.94. The molecular weight excluding hydrogens is 157 g/mol.